The Morgan fingerprint density at radius 3 is 2.47 bits per heavy atom. The third kappa shape index (κ3) is 4.99. The zero-order valence-electron chi connectivity index (χ0n) is 9.23. The maximum absolute atomic E-state index is 11.7. The van der Waals surface area contributed by atoms with Crippen LogP contribution >= 0.6 is 15.9 Å². The Balaban J connectivity index is 2.53. The molecule has 0 aliphatic carbocycles. The van der Waals surface area contributed by atoms with E-state index in [1.54, 1.807) is 0 Å². The molecular formula is C12H14BrNO3. The summed E-state index contributed by atoms with van der Waals surface area (Å²) in [6.45, 7) is -0.336. The number of hydrogen-bond acceptors (Lipinski definition) is 2. The van der Waals surface area contributed by atoms with Crippen LogP contribution in [0.15, 0.2) is 30.3 Å². The SMILES string of the molecule is O=C(O)CNC(=O)[C@H](CBr)Cc1ccccc1. The molecule has 2 N–H and O–H groups in total. The Hall–Kier alpha value is -1.36. The second-order valence-electron chi connectivity index (χ2n) is 3.65. The van der Waals surface area contributed by atoms with Crippen LogP contribution in [0.3, 0.4) is 0 Å². The molecule has 0 aromatic heterocycles. The Kier molecular flexibility index (Phi) is 5.69. The molecule has 5 heteroatoms. The Morgan fingerprint density at radius 1 is 1.29 bits per heavy atom. The van der Waals surface area contributed by atoms with E-state index in [0.29, 0.717) is 11.8 Å². The first-order valence-electron chi connectivity index (χ1n) is 5.23. The van der Waals surface area contributed by atoms with Gasteiger partial charge >= 0.3 is 5.97 Å². The summed E-state index contributed by atoms with van der Waals surface area (Å²) in [7, 11) is 0. The molecular weight excluding hydrogens is 286 g/mol. The molecule has 0 radical (unpaired) electrons. The molecule has 0 aliphatic rings. The van der Waals surface area contributed by atoms with E-state index in [0.717, 1.165) is 5.56 Å². The van der Waals surface area contributed by atoms with Crippen molar-refractivity contribution in [3.63, 3.8) is 0 Å². The Labute approximate surface area is 108 Å². The molecule has 1 rings (SSSR count). The van der Waals surface area contributed by atoms with Crippen molar-refractivity contribution in [2.24, 2.45) is 5.92 Å². The molecule has 17 heavy (non-hydrogen) atoms. The lowest BCUT2D eigenvalue weighted by Crippen LogP contribution is -2.36. The maximum Gasteiger partial charge on any atom is 0.322 e. The van der Waals surface area contributed by atoms with Gasteiger partial charge in [-0.1, -0.05) is 46.3 Å². The van der Waals surface area contributed by atoms with Gasteiger partial charge in [0.15, 0.2) is 0 Å². The van der Waals surface area contributed by atoms with Gasteiger partial charge in [-0.25, -0.2) is 0 Å². The van der Waals surface area contributed by atoms with Crippen LogP contribution in [0.2, 0.25) is 0 Å². The van der Waals surface area contributed by atoms with Gasteiger partial charge in [0.2, 0.25) is 5.91 Å². The van der Waals surface area contributed by atoms with E-state index < -0.39 is 5.97 Å². The molecule has 0 bridgehead atoms. The molecule has 0 saturated carbocycles. The lowest BCUT2D eigenvalue weighted by Gasteiger charge is -2.13. The van der Waals surface area contributed by atoms with Crippen molar-refractivity contribution in [2.45, 2.75) is 6.42 Å². The van der Waals surface area contributed by atoms with Crippen LogP contribution in [0.1, 0.15) is 5.56 Å². The van der Waals surface area contributed by atoms with Crippen molar-refractivity contribution < 1.29 is 14.7 Å². The first-order chi connectivity index (χ1) is 8.13. The fourth-order valence-corrected chi connectivity index (χ4v) is 1.95. The highest BCUT2D eigenvalue weighted by atomic mass is 79.9. The van der Waals surface area contributed by atoms with Gasteiger partial charge in [-0.15, -0.1) is 0 Å². The molecule has 1 aromatic rings. The number of alkyl halides is 1. The highest BCUT2D eigenvalue weighted by molar-refractivity contribution is 9.09. The van der Waals surface area contributed by atoms with Gasteiger partial charge in [-0.05, 0) is 12.0 Å². The number of nitrogens with one attached hydrogen (secondary N) is 1. The number of carbonyl (C=O) groups is 2. The molecule has 1 amide bonds. The lowest BCUT2D eigenvalue weighted by molar-refractivity contribution is -0.138. The van der Waals surface area contributed by atoms with E-state index in [9.17, 15) is 9.59 Å². The van der Waals surface area contributed by atoms with E-state index >= 15 is 0 Å². The van der Waals surface area contributed by atoms with Crippen LogP contribution in [0, 0.1) is 5.92 Å². The quantitative estimate of drug-likeness (QED) is 0.781. The lowest BCUT2D eigenvalue weighted by atomic mass is 10.0. The highest BCUT2D eigenvalue weighted by Crippen LogP contribution is 2.11. The normalized spacial score (nSPS) is 11.8. The van der Waals surface area contributed by atoms with Gasteiger partial charge in [-0.3, -0.25) is 9.59 Å². The summed E-state index contributed by atoms with van der Waals surface area (Å²) >= 11 is 3.27. The number of halogens is 1. The summed E-state index contributed by atoms with van der Waals surface area (Å²) < 4.78 is 0. The first-order valence-corrected chi connectivity index (χ1v) is 6.35. The number of carboxylic acids is 1. The zero-order chi connectivity index (χ0) is 12.7. The molecule has 0 aliphatic heterocycles. The third-order valence-electron chi connectivity index (χ3n) is 2.30. The molecule has 0 spiro atoms. The van der Waals surface area contributed by atoms with Gasteiger partial charge in [0.25, 0.3) is 0 Å². The third-order valence-corrected chi connectivity index (χ3v) is 3.08. The zero-order valence-corrected chi connectivity index (χ0v) is 10.8. The van der Waals surface area contributed by atoms with Crippen molar-refractivity contribution in [1.29, 1.82) is 0 Å². The minimum absolute atomic E-state index is 0.242. The van der Waals surface area contributed by atoms with E-state index in [4.69, 9.17) is 5.11 Å². The monoisotopic (exact) mass is 299 g/mol. The van der Waals surface area contributed by atoms with Crippen LogP contribution in [0.25, 0.3) is 0 Å². The molecule has 0 unspecified atom stereocenters. The minimum atomic E-state index is -1.04. The Bertz CT molecular complexity index is 381. The molecule has 1 aromatic carbocycles. The number of hydrogen-bond donors (Lipinski definition) is 2. The predicted molar refractivity (Wildman–Crippen MR) is 68.1 cm³/mol. The largest absolute Gasteiger partial charge is 0.480 e. The molecule has 4 nitrogen and oxygen atoms in total. The Morgan fingerprint density at radius 2 is 1.94 bits per heavy atom. The number of amides is 1. The van der Waals surface area contributed by atoms with Crippen molar-refractivity contribution in [3.05, 3.63) is 35.9 Å². The average Bonchev–Trinajstić information content (AvgIpc) is 2.34. The number of benzene rings is 1. The summed E-state index contributed by atoms with van der Waals surface area (Å²) in [5.41, 5.74) is 1.06. The van der Waals surface area contributed by atoms with E-state index in [2.05, 4.69) is 21.2 Å². The van der Waals surface area contributed by atoms with Gasteiger partial charge < -0.3 is 10.4 Å². The van der Waals surface area contributed by atoms with Crippen LogP contribution in [-0.2, 0) is 16.0 Å². The standard InChI is InChI=1S/C12H14BrNO3/c13-7-10(12(17)14-8-11(15)16)6-9-4-2-1-3-5-9/h1-5,10H,6-8H2,(H,14,17)(H,15,16)/t10-/m0/s1. The van der Waals surface area contributed by atoms with Gasteiger partial charge in [0.05, 0.1) is 5.92 Å². The molecule has 0 fully saturated rings. The summed E-state index contributed by atoms with van der Waals surface area (Å²) in [6, 6.07) is 9.63. The average molecular weight is 300 g/mol. The molecule has 0 heterocycles. The van der Waals surface area contributed by atoms with Crippen LogP contribution < -0.4 is 5.32 Å². The van der Waals surface area contributed by atoms with Crippen molar-refractivity contribution >= 4 is 27.8 Å². The van der Waals surface area contributed by atoms with E-state index in [1.807, 2.05) is 30.3 Å². The van der Waals surface area contributed by atoms with E-state index in [1.165, 1.54) is 0 Å². The molecule has 92 valence electrons. The van der Waals surface area contributed by atoms with Crippen molar-refractivity contribution in [3.8, 4) is 0 Å². The van der Waals surface area contributed by atoms with Crippen LogP contribution in [0.5, 0.6) is 0 Å². The number of carboxylic acid groups (broad SMARTS) is 1. The van der Waals surface area contributed by atoms with Gasteiger partial charge in [-0.2, -0.15) is 0 Å². The van der Waals surface area contributed by atoms with Crippen molar-refractivity contribution in [1.82, 2.24) is 5.32 Å². The van der Waals surface area contributed by atoms with Crippen LogP contribution in [-0.4, -0.2) is 28.9 Å². The fraction of sp³-hybridized carbons (Fsp3) is 0.333. The van der Waals surface area contributed by atoms with Gasteiger partial charge in [0.1, 0.15) is 6.54 Å². The van der Waals surface area contributed by atoms with Gasteiger partial charge in [0, 0.05) is 5.33 Å². The van der Waals surface area contributed by atoms with Crippen molar-refractivity contribution in [2.75, 3.05) is 11.9 Å². The summed E-state index contributed by atoms with van der Waals surface area (Å²) in [4.78, 5) is 22.0. The highest BCUT2D eigenvalue weighted by Gasteiger charge is 2.17. The minimum Gasteiger partial charge on any atom is -0.480 e. The van der Waals surface area contributed by atoms with Crippen LogP contribution in [0.4, 0.5) is 0 Å². The topological polar surface area (TPSA) is 66.4 Å². The molecule has 0 saturated heterocycles. The second-order valence-corrected chi connectivity index (χ2v) is 4.30. The second kappa shape index (κ2) is 7.06. The number of carbonyl (C=O) groups excluding carboxylic acids is 1. The smallest absolute Gasteiger partial charge is 0.322 e. The maximum atomic E-state index is 11.7. The summed E-state index contributed by atoms with van der Waals surface area (Å²) in [6.07, 6.45) is 0.595. The molecule has 1 atom stereocenters. The predicted octanol–water partition coefficient (Wildman–Crippen LogP) is 1.44. The number of aliphatic carboxylic acids is 1. The number of rotatable bonds is 6. The fourth-order valence-electron chi connectivity index (χ4n) is 1.42. The van der Waals surface area contributed by atoms with E-state index in [-0.39, 0.29) is 18.4 Å². The summed E-state index contributed by atoms with van der Waals surface area (Å²) in [5, 5.41) is 11.4. The first kappa shape index (κ1) is 13.7. The summed E-state index contributed by atoms with van der Waals surface area (Å²) in [5.74, 6) is -1.53.